The maximum atomic E-state index is 11.9. The summed E-state index contributed by atoms with van der Waals surface area (Å²) in [7, 11) is -0.536. The molecule has 22 heteroatoms. The van der Waals surface area contributed by atoms with Crippen molar-refractivity contribution in [3.05, 3.63) is 168 Å². The molecule has 3 aromatic carbocycles. The lowest BCUT2D eigenvalue weighted by molar-refractivity contribution is -0.384. The normalized spacial score (nSPS) is 13.4. The average molecular weight is 1130 g/mol. The standard InChI is InChI=1S/C14H23BN2O4.C14H11N3O2S.C14H13N3S.C11H8BrNO2S/c1-12(2,3)19-11(18)17-9-10(8-16-17)15-20-13(4,5)14(6,7)21-15;1-9-2-5-14(20-9)12-4-3-10(6-13(12)17(18)19)11-7-15-16-8-11;1-9-2-5-14(18-9)12-4-3-10(6-13(12)15)11-7-16-17-8-11;1-7-2-5-11(16-7)9-4-3-8(12)6-10(9)13(14)15/h8-9H,1-7H3;2-8H,1H3,(H,15,16);2-8H,15H2,1H3,(H,16,17);2-6H,1H3. The Bertz CT molecular complexity index is 3420. The lowest BCUT2D eigenvalue weighted by atomic mass is 9.82. The first-order chi connectivity index (χ1) is 35.4. The van der Waals surface area contributed by atoms with Crippen LogP contribution in [0.5, 0.6) is 0 Å². The van der Waals surface area contributed by atoms with E-state index in [1.807, 2.05) is 111 Å². The Morgan fingerprint density at radius 1 is 0.680 bits per heavy atom. The highest BCUT2D eigenvalue weighted by molar-refractivity contribution is 9.10. The summed E-state index contributed by atoms with van der Waals surface area (Å²) in [6.07, 6.45) is 9.64. The van der Waals surface area contributed by atoms with E-state index in [2.05, 4.69) is 72.6 Å². The number of anilines is 1. The Hall–Kier alpha value is -7.08. The third-order valence-corrected chi connectivity index (χ3v) is 15.4. The second kappa shape index (κ2) is 23.2. The van der Waals surface area contributed by atoms with Crippen molar-refractivity contribution in [2.24, 2.45) is 0 Å². The Kier molecular flexibility index (Phi) is 17.2. The number of H-pyrrole nitrogens is 2. The number of aromatic amines is 2. The number of carbonyl (C=O) groups excluding carboxylic acids is 1. The number of thiophene rings is 3. The van der Waals surface area contributed by atoms with Crippen LogP contribution in [0.15, 0.2) is 133 Å². The molecule has 0 spiro atoms. The minimum absolute atomic E-state index is 0.116. The van der Waals surface area contributed by atoms with Crippen LogP contribution in [-0.4, -0.2) is 70.0 Å². The summed E-state index contributed by atoms with van der Waals surface area (Å²) in [5.41, 5.74) is 12.7. The van der Waals surface area contributed by atoms with Gasteiger partial charge in [0.15, 0.2) is 0 Å². The summed E-state index contributed by atoms with van der Waals surface area (Å²) >= 11 is 8.11. The summed E-state index contributed by atoms with van der Waals surface area (Å²) in [6, 6.07) is 28.5. The van der Waals surface area contributed by atoms with Gasteiger partial charge in [0.2, 0.25) is 0 Å². The van der Waals surface area contributed by atoms with Crippen molar-refractivity contribution < 1.29 is 28.7 Å². The molecule has 6 aromatic heterocycles. The van der Waals surface area contributed by atoms with E-state index in [1.165, 1.54) is 15.8 Å². The number of ether oxygens (including phenoxy) is 1. The van der Waals surface area contributed by atoms with Gasteiger partial charge in [0.05, 0.1) is 44.6 Å². The van der Waals surface area contributed by atoms with Gasteiger partial charge in [-0.3, -0.25) is 30.4 Å². The Morgan fingerprint density at radius 3 is 1.56 bits per heavy atom. The zero-order chi connectivity index (χ0) is 54.4. The number of benzene rings is 3. The maximum Gasteiger partial charge on any atom is 0.498 e. The second-order valence-electron chi connectivity index (χ2n) is 19.2. The molecule has 10 rings (SSSR count). The van der Waals surface area contributed by atoms with Gasteiger partial charge in [0.25, 0.3) is 11.4 Å². The molecule has 7 heterocycles. The molecule has 0 radical (unpaired) electrons. The van der Waals surface area contributed by atoms with Crippen LogP contribution in [0.25, 0.3) is 53.6 Å². The predicted octanol–water partition coefficient (Wildman–Crippen LogP) is 14.1. The van der Waals surface area contributed by atoms with Crippen molar-refractivity contribution in [1.82, 2.24) is 30.2 Å². The number of nitro benzene ring substituents is 2. The number of aryl methyl sites for hydroxylation is 3. The quantitative estimate of drug-likeness (QED) is 0.0558. The highest BCUT2D eigenvalue weighted by Crippen LogP contribution is 2.40. The third kappa shape index (κ3) is 14.0. The molecule has 0 bridgehead atoms. The van der Waals surface area contributed by atoms with Gasteiger partial charge in [0, 0.05) is 98.5 Å². The van der Waals surface area contributed by atoms with Gasteiger partial charge in [0.1, 0.15) is 5.60 Å². The van der Waals surface area contributed by atoms with Crippen LogP contribution in [0, 0.1) is 41.0 Å². The monoisotopic (exact) mass is 1130 g/mol. The maximum absolute atomic E-state index is 11.9. The smallest absolute Gasteiger partial charge is 0.442 e. The fourth-order valence-corrected chi connectivity index (χ4v) is 10.4. The number of nitrogens with two attached hydrogens (primary N) is 1. The second-order valence-corrected chi connectivity index (χ2v) is 24.0. The van der Waals surface area contributed by atoms with Crippen molar-refractivity contribution in [3.63, 3.8) is 0 Å². The average Bonchev–Trinajstić information content (AvgIpc) is 4.21. The van der Waals surface area contributed by atoms with E-state index < -0.39 is 30.0 Å². The Labute approximate surface area is 454 Å². The molecule has 0 unspecified atom stereocenters. The number of carbonyl (C=O) groups is 1. The van der Waals surface area contributed by atoms with E-state index in [9.17, 15) is 25.0 Å². The van der Waals surface area contributed by atoms with E-state index in [4.69, 9.17) is 19.8 Å². The van der Waals surface area contributed by atoms with Crippen LogP contribution in [-0.2, 0) is 14.0 Å². The van der Waals surface area contributed by atoms with Gasteiger partial charge < -0.3 is 19.8 Å². The molecule has 0 atom stereocenters. The van der Waals surface area contributed by atoms with Crippen molar-refractivity contribution in [2.75, 3.05) is 5.73 Å². The molecule has 75 heavy (non-hydrogen) atoms. The van der Waals surface area contributed by atoms with Gasteiger partial charge in [-0.25, -0.2) is 4.79 Å². The van der Waals surface area contributed by atoms with Gasteiger partial charge in [-0.15, -0.1) is 34.0 Å². The number of nitrogens with zero attached hydrogens (tertiary/aromatic N) is 6. The highest BCUT2D eigenvalue weighted by atomic mass is 79.9. The predicted molar refractivity (Wildman–Crippen MR) is 304 cm³/mol. The van der Waals surface area contributed by atoms with Gasteiger partial charge in [-0.2, -0.15) is 20.0 Å². The topological polar surface area (TPSA) is 232 Å². The van der Waals surface area contributed by atoms with Crippen LogP contribution in [0.3, 0.4) is 0 Å². The van der Waals surface area contributed by atoms with Gasteiger partial charge in [-0.05, 0) is 141 Å². The summed E-state index contributed by atoms with van der Waals surface area (Å²) in [6.45, 7) is 19.4. The van der Waals surface area contributed by atoms with Crippen LogP contribution in [0.2, 0.25) is 0 Å². The Morgan fingerprint density at radius 2 is 1.13 bits per heavy atom. The molecule has 0 aliphatic carbocycles. The number of halogens is 1. The number of hydrogen-bond acceptors (Lipinski definition) is 15. The van der Waals surface area contributed by atoms with E-state index in [-0.39, 0.29) is 21.2 Å². The number of rotatable bonds is 8. The largest absolute Gasteiger partial charge is 0.498 e. The third-order valence-electron chi connectivity index (χ3n) is 11.8. The molecule has 0 saturated carbocycles. The minimum atomic E-state index is -0.562. The number of aromatic nitrogens is 6. The number of nitrogen functional groups attached to an aromatic ring is 1. The molecule has 1 aliphatic heterocycles. The first-order valence-electron chi connectivity index (χ1n) is 23.3. The van der Waals surface area contributed by atoms with Crippen molar-refractivity contribution in [1.29, 1.82) is 0 Å². The molecule has 17 nitrogen and oxygen atoms in total. The molecule has 0 amide bonds. The van der Waals surface area contributed by atoms with Gasteiger partial charge in [-0.1, -0.05) is 34.1 Å². The van der Waals surface area contributed by atoms with E-state index >= 15 is 0 Å². The number of nitro groups is 2. The van der Waals surface area contributed by atoms with Gasteiger partial charge >= 0.3 is 13.2 Å². The molecule has 388 valence electrons. The van der Waals surface area contributed by atoms with E-state index in [1.54, 1.807) is 83.2 Å². The van der Waals surface area contributed by atoms with Crippen LogP contribution < -0.4 is 11.2 Å². The fraction of sp³-hybridized carbons (Fsp3) is 0.245. The summed E-state index contributed by atoms with van der Waals surface area (Å²) in [5, 5.41) is 39.6. The lowest BCUT2D eigenvalue weighted by Gasteiger charge is -2.32. The summed E-state index contributed by atoms with van der Waals surface area (Å²) in [5.74, 6) is 0. The van der Waals surface area contributed by atoms with Crippen LogP contribution in [0.4, 0.5) is 21.9 Å². The van der Waals surface area contributed by atoms with Crippen molar-refractivity contribution in [3.8, 4) is 53.6 Å². The highest BCUT2D eigenvalue weighted by Gasteiger charge is 2.52. The van der Waals surface area contributed by atoms with E-state index in [0.29, 0.717) is 16.6 Å². The molecule has 1 saturated heterocycles. The zero-order valence-corrected chi connectivity index (χ0v) is 46.9. The molecular weight excluding hydrogens is 1080 g/mol. The lowest BCUT2D eigenvalue weighted by Crippen LogP contribution is -2.41. The first-order valence-corrected chi connectivity index (χ1v) is 26.6. The summed E-state index contributed by atoms with van der Waals surface area (Å²) < 4.78 is 19.0. The zero-order valence-electron chi connectivity index (χ0n) is 42.8. The molecule has 4 N–H and O–H groups in total. The summed E-state index contributed by atoms with van der Waals surface area (Å²) in [4.78, 5) is 40.1. The molecule has 9 aromatic rings. The van der Waals surface area contributed by atoms with Crippen molar-refractivity contribution >= 4 is 85.7 Å². The van der Waals surface area contributed by atoms with Crippen LogP contribution >= 0.6 is 49.9 Å². The van der Waals surface area contributed by atoms with Crippen LogP contribution in [0.1, 0.15) is 63.1 Å². The molecule has 1 fully saturated rings. The fourth-order valence-electron chi connectivity index (χ4n) is 7.30. The minimum Gasteiger partial charge on any atom is -0.442 e. The van der Waals surface area contributed by atoms with E-state index in [0.717, 1.165) is 62.2 Å². The Balaban J connectivity index is 0.000000146. The SMILES string of the molecule is CC(C)(C)OC(=O)n1cc(B2OC(C)(C)C(C)(C)O2)cn1.Cc1ccc(-c2ccc(-c3cn[nH]c3)cc2N)s1.Cc1ccc(-c2ccc(-c3cn[nH]c3)cc2[N+](=O)[O-])s1.Cc1ccc(-c2ccc(Br)cc2[N+](=O)[O-])s1. The first kappa shape index (κ1) is 55.7. The number of nitrogens with one attached hydrogen (secondary N) is 2. The molecular formula is C53H55BBrN9O8S3. The molecule has 1 aliphatic rings. The van der Waals surface area contributed by atoms with Crippen molar-refractivity contribution in [2.45, 2.75) is 86.0 Å². The number of hydrogen-bond donors (Lipinski definition) is 3.